The summed E-state index contributed by atoms with van der Waals surface area (Å²) in [5.74, 6) is -1.88. The Hall–Kier alpha value is -0.894. The summed E-state index contributed by atoms with van der Waals surface area (Å²) in [6.07, 6.45) is 34.0. The van der Waals surface area contributed by atoms with Crippen LogP contribution in [-0.2, 0) is 9.59 Å². The van der Waals surface area contributed by atoms with E-state index in [4.69, 9.17) is 0 Å². The second kappa shape index (κ2) is 39.1. The molecule has 0 rings (SSSR count). The third kappa shape index (κ3) is 45.7. The Kier molecular flexibility index (Phi) is 42.3. The Labute approximate surface area is 281 Å². The maximum atomic E-state index is 10.2. The van der Waals surface area contributed by atoms with Crippen LogP contribution in [0.5, 0.6) is 0 Å². The van der Waals surface area contributed by atoms with Gasteiger partial charge in [0.05, 0.1) is 12.2 Å². The van der Waals surface area contributed by atoms with Crippen molar-refractivity contribution in [2.24, 2.45) is 0 Å². The second-order valence-electron chi connectivity index (χ2n) is 11.8. The van der Waals surface area contributed by atoms with Crippen LogP contribution in [0, 0.1) is 0 Å². The van der Waals surface area contributed by atoms with E-state index < -0.39 is 11.9 Å². The van der Waals surface area contributed by atoms with Crippen molar-refractivity contribution in [3.63, 3.8) is 0 Å². The Morgan fingerprint density at radius 3 is 1.19 bits per heavy atom. The van der Waals surface area contributed by atoms with Crippen molar-refractivity contribution in [1.29, 1.82) is 0 Å². The van der Waals surface area contributed by atoms with E-state index in [0.717, 1.165) is 116 Å². The normalized spacial score (nSPS) is 12.6. The first-order valence-corrected chi connectivity index (χ1v) is 17.4. The summed E-state index contributed by atoms with van der Waals surface area (Å²) in [6.45, 7) is 4.39. The number of allylic oxidation sites excluding steroid dienone is 2. The number of hydrogen-bond donors (Lipinski definition) is 2. The first-order chi connectivity index (χ1) is 20.3. The Bertz CT molecular complexity index is 583. The van der Waals surface area contributed by atoms with E-state index in [1.54, 1.807) is 0 Å². The van der Waals surface area contributed by atoms with Crippen molar-refractivity contribution in [2.75, 3.05) is 0 Å². The quantitative estimate of drug-likeness (QED) is 0.0503. The van der Waals surface area contributed by atoms with Crippen LogP contribution in [0.25, 0.3) is 0 Å². The third-order valence-corrected chi connectivity index (χ3v) is 7.43. The van der Waals surface area contributed by atoms with Gasteiger partial charge in [0.1, 0.15) is 0 Å². The molecule has 0 aliphatic rings. The van der Waals surface area contributed by atoms with Crippen LogP contribution in [0.15, 0.2) is 24.3 Å². The maximum absolute atomic E-state index is 10.2. The molecule has 0 fully saturated rings. The van der Waals surface area contributed by atoms with Gasteiger partial charge in [-0.05, 0) is 77.0 Å². The van der Waals surface area contributed by atoms with Crippen molar-refractivity contribution in [2.45, 2.75) is 193 Å². The van der Waals surface area contributed by atoms with E-state index >= 15 is 0 Å². The SMILES string of the molecule is CCCCCCC(O)C/C=C/CCCCCCCC(=O)[O-].CCCCCCC(O)C/C=C/CCCCCCCC(=O)[O-].[Mg+2]. The fourth-order valence-corrected chi connectivity index (χ4v) is 4.72. The fraction of sp³-hybridized carbons (Fsp3) is 0.833. The summed E-state index contributed by atoms with van der Waals surface area (Å²) in [5.41, 5.74) is 0. The molecule has 0 saturated heterocycles. The molecule has 0 aromatic rings. The number of hydrogen-bond acceptors (Lipinski definition) is 6. The molecule has 0 radical (unpaired) electrons. The third-order valence-electron chi connectivity index (χ3n) is 7.43. The Morgan fingerprint density at radius 2 is 0.837 bits per heavy atom. The van der Waals surface area contributed by atoms with Crippen LogP contribution >= 0.6 is 0 Å². The molecule has 0 spiro atoms. The summed E-state index contributed by atoms with van der Waals surface area (Å²) >= 11 is 0. The fourth-order valence-electron chi connectivity index (χ4n) is 4.72. The first kappa shape index (κ1) is 46.5. The van der Waals surface area contributed by atoms with Gasteiger partial charge >= 0.3 is 23.1 Å². The minimum atomic E-state index is -0.939. The Balaban J connectivity index is -0.000000727. The predicted molar refractivity (Wildman–Crippen MR) is 177 cm³/mol. The van der Waals surface area contributed by atoms with Crippen molar-refractivity contribution < 1.29 is 30.0 Å². The predicted octanol–water partition coefficient (Wildman–Crippen LogP) is 7.11. The number of carboxylic acids is 2. The number of rotatable bonds is 30. The molecular weight excluding hydrogens is 553 g/mol. The molecule has 0 aliphatic heterocycles. The molecule has 43 heavy (non-hydrogen) atoms. The molecule has 2 unspecified atom stereocenters. The van der Waals surface area contributed by atoms with E-state index in [1.807, 2.05) is 0 Å². The second-order valence-corrected chi connectivity index (χ2v) is 11.8. The van der Waals surface area contributed by atoms with Gasteiger partial charge in [0, 0.05) is 11.9 Å². The first-order valence-electron chi connectivity index (χ1n) is 17.4. The number of aliphatic carboxylic acids is 2. The standard InChI is InChI=1S/2C18H34O3.Mg/c2*1-2-3-4-11-14-17(19)15-12-9-7-5-6-8-10-13-16-18(20)21;/h2*9,12,17,19H,2-8,10-11,13-16H2,1H3,(H,20,21);/q;;+2/p-2/b2*12-9+;. The van der Waals surface area contributed by atoms with Crippen LogP contribution in [0.1, 0.15) is 181 Å². The summed E-state index contributed by atoms with van der Waals surface area (Å²) in [5, 5.41) is 40.0. The van der Waals surface area contributed by atoms with Gasteiger partial charge in [-0.15, -0.1) is 0 Å². The van der Waals surface area contributed by atoms with E-state index in [9.17, 15) is 30.0 Å². The molecule has 0 aromatic heterocycles. The summed E-state index contributed by atoms with van der Waals surface area (Å²) in [7, 11) is 0. The van der Waals surface area contributed by atoms with Gasteiger partial charge < -0.3 is 30.0 Å². The van der Waals surface area contributed by atoms with Crippen molar-refractivity contribution >= 4 is 35.0 Å². The van der Waals surface area contributed by atoms with E-state index in [2.05, 4.69) is 38.2 Å². The summed E-state index contributed by atoms with van der Waals surface area (Å²) in [6, 6.07) is 0. The molecule has 0 saturated carbocycles. The topological polar surface area (TPSA) is 121 Å². The van der Waals surface area contributed by atoms with Crippen molar-refractivity contribution in [3.8, 4) is 0 Å². The van der Waals surface area contributed by atoms with Crippen LogP contribution in [-0.4, -0.2) is 57.4 Å². The average molecular weight is 619 g/mol. The molecule has 2 N–H and O–H groups in total. The summed E-state index contributed by atoms with van der Waals surface area (Å²) < 4.78 is 0. The van der Waals surface area contributed by atoms with Crippen LogP contribution in [0.3, 0.4) is 0 Å². The minimum absolute atomic E-state index is 0. The van der Waals surface area contributed by atoms with Crippen molar-refractivity contribution in [3.05, 3.63) is 24.3 Å². The molecule has 0 heterocycles. The van der Waals surface area contributed by atoms with Crippen molar-refractivity contribution in [1.82, 2.24) is 0 Å². The molecule has 0 aromatic carbocycles. The number of aliphatic hydroxyl groups excluding tert-OH is 2. The van der Waals surface area contributed by atoms with E-state index in [-0.39, 0.29) is 48.1 Å². The molecule has 0 aliphatic carbocycles. The van der Waals surface area contributed by atoms with Gasteiger partial charge in [0.2, 0.25) is 0 Å². The minimum Gasteiger partial charge on any atom is -0.550 e. The molecule has 248 valence electrons. The monoisotopic (exact) mass is 618 g/mol. The molecule has 0 amide bonds. The number of unbranched alkanes of at least 4 members (excludes halogenated alkanes) is 16. The van der Waals surface area contributed by atoms with Gasteiger partial charge in [0.25, 0.3) is 0 Å². The van der Waals surface area contributed by atoms with Gasteiger partial charge in [-0.3, -0.25) is 0 Å². The zero-order chi connectivity index (χ0) is 31.5. The largest absolute Gasteiger partial charge is 2.00 e. The smallest absolute Gasteiger partial charge is 0.550 e. The maximum Gasteiger partial charge on any atom is 2.00 e. The van der Waals surface area contributed by atoms with Crippen LogP contribution < -0.4 is 10.2 Å². The number of aliphatic hydroxyl groups is 2. The molecule has 0 bridgehead atoms. The Morgan fingerprint density at radius 1 is 0.512 bits per heavy atom. The van der Waals surface area contributed by atoms with Gasteiger partial charge in [-0.25, -0.2) is 0 Å². The number of carbonyl (C=O) groups excluding carboxylic acids is 2. The van der Waals surface area contributed by atoms with Gasteiger partial charge in [-0.1, -0.05) is 128 Å². The zero-order valence-electron chi connectivity index (χ0n) is 28.1. The number of carboxylic acid groups (broad SMARTS) is 2. The summed E-state index contributed by atoms with van der Waals surface area (Å²) in [4.78, 5) is 20.4. The molecule has 7 heteroatoms. The molecule has 2 atom stereocenters. The van der Waals surface area contributed by atoms with E-state index in [1.165, 1.54) is 38.5 Å². The average Bonchev–Trinajstić information content (AvgIpc) is 2.95. The van der Waals surface area contributed by atoms with Crippen LogP contribution in [0.4, 0.5) is 0 Å². The van der Waals surface area contributed by atoms with Gasteiger partial charge in [-0.2, -0.15) is 0 Å². The number of carbonyl (C=O) groups is 2. The van der Waals surface area contributed by atoms with E-state index in [0.29, 0.717) is 0 Å². The van der Waals surface area contributed by atoms with Gasteiger partial charge in [0.15, 0.2) is 0 Å². The molecule has 6 nitrogen and oxygen atoms in total. The zero-order valence-corrected chi connectivity index (χ0v) is 29.5. The van der Waals surface area contributed by atoms with Crippen LogP contribution in [0.2, 0.25) is 0 Å². The molecular formula is C36H66MgO6.